The minimum atomic E-state index is 1.13. The first-order valence-electron chi connectivity index (χ1n) is 5.86. The minimum absolute atomic E-state index is 1.13. The molecule has 0 fully saturated rings. The molecule has 0 saturated carbocycles. The van der Waals surface area contributed by atoms with E-state index in [1.165, 1.54) is 22.3 Å². The molecule has 0 heterocycles. The van der Waals surface area contributed by atoms with Crippen molar-refractivity contribution in [2.45, 2.75) is 26.7 Å². The Morgan fingerprint density at radius 3 is 1.94 bits per heavy atom. The van der Waals surface area contributed by atoms with Crippen molar-refractivity contribution in [3.05, 3.63) is 70.8 Å². The van der Waals surface area contributed by atoms with E-state index in [-0.39, 0.29) is 0 Å². The van der Waals surface area contributed by atoms with Crippen molar-refractivity contribution in [1.29, 1.82) is 0 Å². The van der Waals surface area contributed by atoms with E-state index in [2.05, 4.69) is 62.4 Å². The number of hydrogen-bond donors (Lipinski definition) is 0. The number of rotatable bonds is 3. The Balaban J connectivity index is 2.11. The van der Waals surface area contributed by atoms with Crippen LogP contribution in [0.5, 0.6) is 0 Å². The van der Waals surface area contributed by atoms with Gasteiger partial charge in [-0.15, -0.1) is 0 Å². The molecule has 0 aliphatic heterocycles. The van der Waals surface area contributed by atoms with Crippen LogP contribution >= 0.6 is 0 Å². The van der Waals surface area contributed by atoms with Crippen molar-refractivity contribution >= 4 is 0 Å². The molecule has 0 aliphatic carbocycles. The fourth-order valence-corrected chi connectivity index (χ4v) is 2.16. The van der Waals surface area contributed by atoms with E-state index in [1.807, 2.05) is 0 Å². The van der Waals surface area contributed by atoms with Gasteiger partial charge in [0.25, 0.3) is 0 Å². The molecule has 0 heteroatoms. The maximum Gasteiger partial charge on any atom is -0.0233 e. The van der Waals surface area contributed by atoms with Crippen molar-refractivity contribution in [2.75, 3.05) is 0 Å². The van der Waals surface area contributed by atoms with E-state index >= 15 is 0 Å². The fourth-order valence-electron chi connectivity index (χ4n) is 2.16. The molecule has 0 spiro atoms. The Kier molecular flexibility index (Phi) is 3.40. The molecular weight excluding hydrogens is 192 g/mol. The molecule has 0 unspecified atom stereocenters. The predicted molar refractivity (Wildman–Crippen MR) is 69.8 cm³/mol. The van der Waals surface area contributed by atoms with Crippen LogP contribution in [0.25, 0.3) is 0 Å². The standard InChI is InChI=1S/C16H18/c1-13-7-6-8-14(2)16(13)12-11-15-9-4-3-5-10-15/h3-10H,11-12H2,1-2H3. The van der Waals surface area contributed by atoms with Crippen LogP contribution < -0.4 is 0 Å². The van der Waals surface area contributed by atoms with Crippen molar-refractivity contribution in [1.82, 2.24) is 0 Å². The van der Waals surface area contributed by atoms with Crippen LogP contribution in [-0.4, -0.2) is 0 Å². The van der Waals surface area contributed by atoms with Crippen molar-refractivity contribution in [3.8, 4) is 0 Å². The molecule has 0 saturated heterocycles. The summed E-state index contributed by atoms with van der Waals surface area (Å²) in [4.78, 5) is 0. The first kappa shape index (κ1) is 10.9. The number of benzene rings is 2. The van der Waals surface area contributed by atoms with Gasteiger partial charge in [-0.2, -0.15) is 0 Å². The smallest absolute Gasteiger partial charge is 0.0233 e. The maximum absolute atomic E-state index is 2.20. The van der Waals surface area contributed by atoms with Crippen LogP contribution in [0, 0.1) is 13.8 Å². The van der Waals surface area contributed by atoms with E-state index in [1.54, 1.807) is 0 Å². The van der Waals surface area contributed by atoms with Gasteiger partial charge in [-0.25, -0.2) is 0 Å². The maximum atomic E-state index is 2.20. The minimum Gasteiger partial charge on any atom is -0.0622 e. The summed E-state index contributed by atoms with van der Waals surface area (Å²) in [5.74, 6) is 0. The Bertz CT molecular complexity index is 434. The molecule has 16 heavy (non-hydrogen) atoms. The van der Waals surface area contributed by atoms with Crippen LogP contribution in [0.1, 0.15) is 22.3 Å². The lowest BCUT2D eigenvalue weighted by Gasteiger charge is -2.09. The SMILES string of the molecule is Cc1cccc(C)c1CCc1ccccc1. The molecule has 0 nitrogen and oxygen atoms in total. The van der Waals surface area contributed by atoms with Gasteiger partial charge in [-0.05, 0) is 48.9 Å². The van der Waals surface area contributed by atoms with E-state index < -0.39 is 0 Å². The molecule has 0 aromatic heterocycles. The first-order valence-corrected chi connectivity index (χ1v) is 5.86. The van der Waals surface area contributed by atoms with Gasteiger partial charge in [0.15, 0.2) is 0 Å². The molecule has 2 aromatic rings. The van der Waals surface area contributed by atoms with Gasteiger partial charge < -0.3 is 0 Å². The van der Waals surface area contributed by atoms with Crippen LogP contribution in [0.2, 0.25) is 0 Å². The summed E-state index contributed by atoms with van der Waals surface area (Å²) < 4.78 is 0. The lowest BCUT2D eigenvalue weighted by Crippen LogP contribution is -1.96. The number of hydrogen-bond acceptors (Lipinski definition) is 0. The molecule has 0 bridgehead atoms. The second-order valence-corrected chi connectivity index (χ2v) is 4.36. The topological polar surface area (TPSA) is 0 Å². The molecule has 0 N–H and O–H groups in total. The van der Waals surface area contributed by atoms with Gasteiger partial charge in [0.05, 0.1) is 0 Å². The molecule has 82 valence electrons. The highest BCUT2D eigenvalue weighted by Crippen LogP contribution is 2.16. The van der Waals surface area contributed by atoms with E-state index in [0.29, 0.717) is 0 Å². The van der Waals surface area contributed by atoms with Crippen LogP contribution in [0.15, 0.2) is 48.5 Å². The highest BCUT2D eigenvalue weighted by molar-refractivity contribution is 5.34. The Hall–Kier alpha value is -1.56. The highest BCUT2D eigenvalue weighted by Gasteiger charge is 2.02. The average molecular weight is 210 g/mol. The van der Waals surface area contributed by atoms with Gasteiger partial charge in [-0.1, -0.05) is 48.5 Å². The Labute approximate surface area is 97.9 Å². The van der Waals surface area contributed by atoms with Crippen LogP contribution in [0.3, 0.4) is 0 Å². The lowest BCUT2D eigenvalue weighted by molar-refractivity contribution is 0.937. The summed E-state index contributed by atoms with van der Waals surface area (Å²) in [5, 5.41) is 0. The fraction of sp³-hybridized carbons (Fsp3) is 0.250. The quantitative estimate of drug-likeness (QED) is 0.715. The molecular formula is C16H18. The zero-order valence-corrected chi connectivity index (χ0v) is 10.0. The molecule has 0 aliphatic rings. The summed E-state index contributed by atoms with van der Waals surface area (Å²) in [6.07, 6.45) is 2.27. The zero-order chi connectivity index (χ0) is 11.4. The van der Waals surface area contributed by atoms with Gasteiger partial charge in [0.2, 0.25) is 0 Å². The predicted octanol–water partition coefficient (Wildman–Crippen LogP) is 4.09. The van der Waals surface area contributed by atoms with Gasteiger partial charge in [-0.3, -0.25) is 0 Å². The van der Waals surface area contributed by atoms with Crippen LogP contribution in [-0.2, 0) is 12.8 Å². The van der Waals surface area contributed by atoms with E-state index in [9.17, 15) is 0 Å². The normalized spacial score (nSPS) is 10.4. The molecule has 2 rings (SSSR count). The molecule has 0 radical (unpaired) electrons. The second kappa shape index (κ2) is 4.98. The monoisotopic (exact) mass is 210 g/mol. The van der Waals surface area contributed by atoms with Crippen molar-refractivity contribution in [2.24, 2.45) is 0 Å². The van der Waals surface area contributed by atoms with Crippen LogP contribution in [0.4, 0.5) is 0 Å². The Morgan fingerprint density at radius 2 is 1.31 bits per heavy atom. The third kappa shape index (κ3) is 2.52. The van der Waals surface area contributed by atoms with E-state index in [0.717, 1.165) is 12.8 Å². The molecule has 2 aromatic carbocycles. The van der Waals surface area contributed by atoms with Gasteiger partial charge >= 0.3 is 0 Å². The first-order chi connectivity index (χ1) is 7.77. The summed E-state index contributed by atoms with van der Waals surface area (Å²) in [5.41, 5.74) is 5.75. The molecule has 0 atom stereocenters. The summed E-state index contributed by atoms with van der Waals surface area (Å²) in [6, 6.07) is 17.2. The third-order valence-electron chi connectivity index (χ3n) is 3.15. The highest BCUT2D eigenvalue weighted by atomic mass is 14.1. The Morgan fingerprint density at radius 1 is 0.688 bits per heavy atom. The summed E-state index contributed by atoms with van der Waals surface area (Å²) in [6.45, 7) is 4.40. The van der Waals surface area contributed by atoms with Crippen molar-refractivity contribution in [3.63, 3.8) is 0 Å². The second-order valence-electron chi connectivity index (χ2n) is 4.36. The van der Waals surface area contributed by atoms with Crippen molar-refractivity contribution < 1.29 is 0 Å². The zero-order valence-electron chi connectivity index (χ0n) is 10.0. The third-order valence-corrected chi connectivity index (χ3v) is 3.15. The lowest BCUT2D eigenvalue weighted by atomic mass is 9.96. The number of aryl methyl sites for hydroxylation is 3. The largest absolute Gasteiger partial charge is 0.0622 e. The molecule has 0 amide bonds. The summed E-state index contributed by atoms with van der Waals surface area (Å²) >= 11 is 0. The van der Waals surface area contributed by atoms with Gasteiger partial charge in [0, 0.05) is 0 Å². The van der Waals surface area contributed by atoms with E-state index in [4.69, 9.17) is 0 Å². The van der Waals surface area contributed by atoms with Gasteiger partial charge in [0.1, 0.15) is 0 Å². The summed E-state index contributed by atoms with van der Waals surface area (Å²) in [7, 11) is 0. The average Bonchev–Trinajstić information content (AvgIpc) is 2.30.